The van der Waals surface area contributed by atoms with Gasteiger partial charge in [0.1, 0.15) is 0 Å². The third-order valence-electron chi connectivity index (χ3n) is 2.13. The van der Waals surface area contributed by atoms with Crippen LogP contribution in [0.1, 0.15) is 20.3 Å². The quantitative estimate of drug-likeness (QED) is 0.552. The molecule has 0 aromatic carbocycles. The molecule has 1 rings (SSSR count). The van der Waals surface area contributed by atoms with Gasteiger partial charge in [0.25, 0.3) is 0 Å². The largest absolute Gasteiger partial charge is 0.316 e. The number of rotatable bonds is 2. The molecule has 1 atom stereocenters. The first-order valence-corrected chi connectivity index (χ1v) is 3.87. The first-order valence-electron chi connectivity index (χ1n) is 3.87. The summed E-state index contributed by atoms with van der Waals surface area (Å²) in [5.41, 5.74) is 2.31. The van der Waals surface area contributed by atoms with Gasteiger partial charge < -0.3 is 5.21 Å². The van der Waals surface area contributed by atoms with E-state index in [1.807, 2.05) is 0 Å². The van der Waals surface area contributed by atoms with Crippen LogP contribution in [0.2, 0.25) is 0 Å². The molecule has 1 fully saturated rings. The van der Waals surface area contributed by atoms with E-state index in [4.69, 9.17) is 5.21 Å². The molecule has 3 nitrogen and oxygen atoms in total. The normalized spacial score (nSPS) is 28.2. The van der Waals surface area contributed by atoms with Crippen LogP contribution < -0.4 is 5.48 Å². The minimum Gasteiger partial charge on any atom is -0.316 e. The topological polar surface area (TPSA) is 35.5 Å². The highest BCUT2D eigenvalue weighted by Crippen LogP contribution is 2.11. The Morgan fingerprint density at radius 2 is 2.30 bits per heavy atom. The summed E-state index contributed by atoms with van der Waals surface area (Å²) in [6, 6.07) is 0.903. The van der Waals surface area contributed by atoms with E-state index in [-0.39, 0.29) is 0 Å². The van der Waals surface area contributed by atoms with Crippen LogP contribution in [-0.2, 0) is 0 Å². The van der Waals surface area contributed by atoms with Crippen molar-refractivity contribution in [3.05, 3.63) is 0 Å². The van der Waals surface area contributed by atoms with Crippen molar-refractivity contribution in [3.8, 4) is 0 Å². The lowest BCUT2D eigenvalue weighted by atomic mass is 10.3. The molecule has 0 aromatic heterocycles. The zero-order valence-electron chi connectivity index (χ0n) is 6.67. The molecule has 2 N–H and O–H groups in total. The maximum absolute atomic E-state index is 8.59. The van der Waals surface area contributed by atoms with E-state index >= 15 is 0 Å². The number of nitrogens with one attached hydrogen (secondary N) is 1. The Balaban J connectivity index is 2.28. The van der Waals surface area contributed by atoms with Crippen molar-refractivity contribution in [2.24, 2.45) is 0 Å². The molecule has 1 aliphatic rings. The molecule has 0 bridgehead atoms. The smallest absolute Gasteiger partial charge is 0.0459 e. The Hall–Kier alpha value is -0.120. The molecular formula is C7H16N2O. The highest BCUT2D eigenvalue weighted by Gasteiger charge is 2.22. The summed E-state index contributed by atoms with van der Waals surface area (Å²) in [7, 11) is 0. The Morgan fingerprint density at radius 1 is 1.60 bits per heavy atom. The summed E-state index contributed by atoms with van der Waals surface area (Å²) in [5.74, 6) is 0. The van der Waals surface area contributed by atoms with Gasteiger partial charge in [-0.3, -0.25) is 4.90 Å². The lowest BCUT2D eigenvalue weighted by Crippen LogP contribution is -2.33. The minimum absolute atomic E-state index is 0.294. The standard InChI is InChI=1S/C7H16N2O/c1-6(2)9-4-3-7(5-9)8-10/h6-8,10H,3-5H2,1-2H3. The molecule has 0 spiro atoms. The Morgan fingerprint density at radius 3 is 2.60 bits per heavy atom. The van der Waals surface area contributed by atoms with E-state index in [1.54, 1.807) is 0 Å². The second-order valence-electron chi connectivity index (χ2n) is 3.20. The van der Waals surface area contributed by atoms with Crippen molar-refractivity contribution >= 4 is 0 Å². The van der Waals surface area contributed by atoms with E-state index in [0.717, 1.165) is 19.5 Å². The van der Waals surface area contributed by atoms with Crippen LogP contribution in [0, 0.1) is 0 Å². The third kappa shape index (κ3) is 1.68. The molecule has 1 saturated heterocycles. The van der Waals surface area contributed by atoms with Crippen LogP contribution in [-0.4, -0.2) is 35.3 Å². The van der Waals surface area contributed by atoms with Crippen LogP contribution in [0.15, 0.2) is 0 Å². The van der Waals surface area contributed by atoms with Crippen molar-refractivity contribution in [1.29, 1.82) is 0 Å². The average molecular weight is 144 g/mol. The van der Waals surface area contributed by atoms with Gasteiger partial charge in [-0.25, -0.2) is 5.48 Å². The van der Waals surface area contributed by atoms with E-state index in [0.29, 0.717) is 12.1 Å². The van der Waals surface area contributed by atoms with Gasteiger partial charge in [0.2, 0.25) is 0 Å². The van der Waals surface area contributed by atoms with Gasteiger partial charge in [-0.1, -0.05) is 0 Å². The second-order valence-corrected chi connectivity index (χ2v) is 3.20. The summed E-state index contributed by atoms with van der Waals surface area (Å²) < 4.78 is 0. The predicted molar refractivity (Wildman–Crippen MR) is 40.0 cm³/mol. The van der Waals surface area contributed by atoms with Crippen molar-refractivity contribution in [1.82, 2.24) is 10.4 Å². The molecule has 0 radical (unpaired) electrons. The highest BCUT2D eigenvalue weighted by atomic mass is 16.5. The van der Waals surface area contributed by atoms with Crippen LogP contribution in [0.5, 0.6) is 0 Å². The first-order chi connectivity index (χ1) is 4.74. The van der Waals surface area contributed by atoms with Crippen molar-refractivity contribution < 1.29 is 5.21 Å². The van der Waals surface area contributed by atoms with E-state index in [2.05, 4.69) is 24.2 Å². The van der Waals surface area contributed by atoms with E-state index in [9.17, 15) is 0 Å². The predicted octanol–water partition coefficient (Wildman–Crippen LogP) is 0.448. The Kier molecular flexibility index (Phi) is 2.65. The number of hydrogen-bond donors (Lipinski definition) is 2. The van der Waals surface area contributed by atoms with Gasteiger partial charge >= 0.3 is 0 Å². The van der Waals surface area contributed by atoms with Crippen LogP contribution in [0.3, 0.4) is 0 Å². The summed E-state index contributed by atoms with van der Waals surface area (Å²) in [6.45, 7) is 6.45. The van der Waals surface area contributed by atoms with Crippen LogP contribution in [0.4, 0.5) is 0 Å². The third-order valence-corrected chi connectivity index (χ3v) is 2.13. The zero-order valence-corrected chi connectivity index (χ0v) is 6.67. The fraction of sp³-hybridized carbons (Fsp3) is 1.00. The summed E-state index contributed by atoms with van der Waals surface area (Å²) in [6.07, 6.45) is 1.06. The van der Waals surface area contributed by atoms with Crippen molar-refractivity contribution in [3.63, 3.8) is 0 Å². The maximum Gasteiger partial charge on any atom is 0.0459 e. The van der Waals surface area contributed by atoms with Crippen molar-refractivity contribution in [2.75, 3.05) is 13.1 Å². The number of nitrogens with zero attached hydrogens (tertiary/aromatic N) is 1. The Labute approximate surface area is 62.0 Å². The Bertz CT molecular complexity index is 106. The average Bonchev–Trinajstić information content (AvgIpc) is 2.34. The lowest BCUT2D eigenvalue weighted by molar-refractivity contribution is 0.124. The van der Waals surface area contributed by atoms with E-state index in [1.165, 1.54) is 0 Å². The molecule has 0 aliphatic carbocycles. The molecule has 0 aromatic rings. The van der Waals surface area contributed by atoms with Gasteiger partial charge in [0, 0.05) is 25.2 Å². The van der Waals surface area contributed by atoms with E-state index < -0.39 is 0 Å². The zero-order chi connectivity index (χ0) is 7.56. The van der Waals surface area contributed by atoms with Gasteiger partial charge in [-0.2, -0.15) is 0 Å². The lowest BCUT2D eigenvalue weighted by Gasteiger charge is -2.19. The van der Waals surface area contributed by atoms with Crippen LogP contribution >= 0.6 is 0 Å². The maximum atomic E-state index is 8.59. The molecule has 0 amide bonds. The van der Waals surface area contributed by atoms with Gasteiger partial charge in [0.05, 0.1) is 0 Å². The fourth-order valence-electron chi connectivity index (χ4n) is 1.36. The number of hydroxylamine groups is 1. The molecule has 1 aliphatic heterocycles. The summed E-state index contributed by atoms with van der Waals surface area (Å²) in [4.78, 5) is 2.36. The number of likely N-dealkylation sites (tertiary alicyclic amines) is 1. The second kappa shape index (κ2) is 3.32. The minimum atomic E-state index is 0.294. The number of hydrogen-bond acceptors (Lipinski definition) is 3. The molecule has 1 unspecified atom stereocenters. The molecule has 1 heterocycles. The molecule has 0 saturated carbocycles. The van der Waals surface area contributed by atoms with Gasteiger partial charge in [-0.15, -0.1) is 0 Å². The molecule has 3 heteroatoms. The van der Waals surface area contributed by atoms with Gasteiger partial charge in [-0.05, 0) is 20.3 Å². The SMILES string of the molecule is CC(C)N1CCC(NO)C1. The summed E-state index contributed by atoms with van der Waals surface area (Å²) in [5, 5.41) is 8.59. The van der Waals surface area contributed by atoms with Gasteiger partial charge in [0.15, 0.2) is 0 Å². The molecular weight excluding hydrogens is 128 g/mol. The van der Waals surface area contributed by atoms with Crippen LogP contribution in [0.25, 0.3) is 0 Å². The highest BCUT2D eigenvalue weighted by molar-refractivity contribution is 4.80. The molecule has 10 heavy (non-hydrogen) atoms. The summed E-state index contributed by atoms with van der Waals surface area (Å²) >= 11 is 0. The monoisotopic (exact) mass is 144 g/mol. The first kappa shape index (κ1) is 7.98. The fourth-order valence-corrected chi connectivity index (χ4v) is 1.36. The molecule has 60 valence electrons. The van der Waals surface area contributed by atoms with Crippen molar-refractivity contribution in [2.45, 2.75) is 32.4 Å².